The van der Waals surface area contributed by atoms with Crippen molar-refractivity contribution in [3.05, 3.63) is 72.5 Å². The fraction of sp³-hybridized carbons (Fsp3) is 0.0526. The van der Waals surface area contributed by atoms with E-state index >= 15 is 0 Å². The minimum Gasteiger partial charge on any atom is -0.464 e. The summed E-state index contributed by atoms with van der Waals surface area (Å²) in [7, 11) is 0. The summed E-state index contributed by atoms with van der Waals surface area (Å²) in [6.07, 6.45) is 1.66. The molecule has 0 aliphatic carbocycles. The minimum absolute atomic E-state index is 0.494. The number of hydrogen-bond donors (Lipinski definition) is 0. The predicted molar refractivity (Wildman–Crippen MR) is 87.6 cm³/mol. The first-order valence-corrected chi connectivity index (χ1v) is 7.34. The van der Waals surface area contributed by atoms with E-state index in [4.69, 9.17) is 8.83 Å². The summed E-state index contributed by atoms with van der Waals surface area (Å²) >= 11 is 0. The number of rotatable bonds is 3. The molecule has 0 fully saturated rings. The van der Waals surface area contributed by atoms with E-state index in [1.54, 1.807) is 6.26 Å². The molecule has 112 valence electrons. The Hall–Kier alpha value is -3.14. The van der Waals surface area contributed by atoms with E-state index in [0.717, 1.165) is 22.5 Å². The van der Waals surface area contributed by atoms with Crippen molar-refractivity contribution in [3.8, 4) is 34.2 Å². The molecule has 4 nitrogen and oxygen atoms in total. The molecule has 4 heteroatoms. The maximum atomic E-state index is 5.82. The monoisotopic (exact) mass is 302 g/mol. The van der Waals surface area contributed by atoms with Crippen LogP contribution in [0.3, 0.4) is 0 Å². The van der Waals surface area contributed by atoms with E-state index < -0.39 is 0 Å². The zero-order valence-corrected chi connectivity index (χ0v) is 12.6. The fourth-order valence-corrected chi connectivity index (χ4v) is 2.40. The highest BCUT2D eigenvalue weighted by molar-refractivity contribution is 5.66. The summed E-state index contributed by atoms with van der Waals surface area (Å²) in [5.74, 6) is 1.82. The van der Waals surface area contributed by atoms with Crippen LogP contribution in [-0.4, -0.2) is 10.2 Å². The number of furan rings is 1. The summed E-state index contributed by atoms with van der Waals surface area (Å²) in [5, 5.41) is 8.31. The molecule has 2 aromatic heterocycles. The van der Waals surface area contributed by atoms with Crippen LogP contribution in [0.2, 0.25) is 0 Å². The third-order valence-electron chi connectivity index (χ3n) is 3.64. The summed E-state index contributed by atoms with van der Waals surface area (Å²) in [6.45, 7) is 2.04. The van der Waals surface area contributed by atoms with Crippen molar-refractivity contribution in [1.29, 1.82) is 0 Å². The molecule has 0 unspecified atom stereocenters. The maximum Gasteiger partial charge on any atom is 0.248 e. The molecular formula is C19H14N2O2. The third-order valence-corrected chi connectivity index (χ3v) is 3.64. The van der Waals surface area contributed by atoms with Gasteiger partial charge in [-0.2, -0.15) is 0 Å². The lowest BCUT2D eigenvalue weighted by Crippen LogP contribution is -1.80. The standard InChI is InChI=1S/C19H14N2O2/c1-13-7-9-14(10-8-13)18-20-21-19(23-18)16-5-2-4-15(12-16)17-6-3-11-22-17/h2-12H,1H3. The van der Waals surface area contributed by atoms with Gasteiger partial charge >= 0.3 is 0 Å². The molecule has 0 aliphatic rings. The summed E-state index contributed by atoms with van der Waals surface area (Å²) in [6, 6.07) is 19.6. The molecule has 4 aromatic rings. The van der Waals surface area contributed by atoms with Crippen molar-refractivity contribution in [2.75, 3.05) is 0 Å². The van der Waals surface area contributed by atoms with Crippen LogP contribution >= 0.6 is 0 Å². The van der Waals surface area contributed by atoms with E-state index in [2.05, 4.69) is 10.2 Å². The first-order chi connectivity index (χ1) is 11.3. The fourth-order valence-electron chi connectivity index (χ4n) is 2.40. The smallest absolute Gasteiger partial charge is 0.248 e. The number of nitrogens with zero attached hydrogens (tertiary/aromatic N) is 2. The molecule has 0 amide bonds. The number of aromatic nitrogens is 2. The maximum absolute atomic E-state index is 5.82. The second-order valence-electron chi connectivity index (χ2n) is 5.34. The Bertz CT molecular complexity index is 922. The summed E-state index contributed by atoms with van der Waals surface area (Å²) < 4.78 is 11.2. The number of hydrogen-bond acceptors (Lipinski definition) is 4. The molecule has 4 rings (SSSR count). The molecule has 0 spiro atoms. The SMILES string of the molecule is Cc1ccc(-c2nnc(-c3cccc(-c4ccco4)c3)o2)cc1. The van der Waals surface area contributed by atoms with Crippen molar-refractivity contribution < 1.29 is 8.83 Å². The van der Waals surface area contributed by atoms with Gasteiger partial charge < -0.3 is 8.83 Å². The van der Waals surface area contributed by atoms with Crippen LogP contribution in [0.15, 0.2) is 75.8 Å². The van der Waals surface area contributed by atoms with Crippen molar-refractivity contribution in [2.24, 2.45) is 0 Å². The van der Waals surface area contributed by atoms with Gasteiger partial charge in [-0.05, 0) is 43.3 Å². The van der Waals surface area contributed by atoms with Gasteiger partial charge in [0.25, 0.3) is 0 Å². The largest absolute Gasteiger partial charge is 0.464 e. The number of benzene rings is 2. The summed E-state index contributed by atoms with van der Waals surface area (Å²) in [4.78, 5) is 0. The van der Waals surface area contributed by atoms with E-state index in [0.29, 0.717) is 11.8 Å². The second-order valence-corrected chi connectivity index (χ2v) is 5.34. The van der Waals surface area contributed by atoms with Gasteiger partial charge in [0.15, 0.2) is 0 Å². The van der Waals surface area contributed by atoms with Gasteiger partial charge in [0.05, 0.1) is 6.26 Å². The lowest BCUT2D eigenvalue weighted by atomic mass is 10.1. The van der Waals surface area contributed by atoms with Crippen LogP contribution in [0.4, 0.5) is 0 Å². The van der Waals surface area contributed by atoms with Crippen molar-refractivity contribution in [1.82, 2.24) is 10.2 Å². The first-order valence-electron chi connectivity index (χ1n) is 7.34. The average Bonchev–Trinajstić information content (AvgIpc) is 3.28. The van der Waals surface area contributed by atoms with Gasteiger partial charge in [0.1, 0.15) is 5.76 Å². The zero-order chi connectivity index (χ0) is 15.6. The Kier molecular flexibility index (Phi) is 3.27. The molecule has 2 aromatic carbocycles. The zero-order valence-electron chi connectivity index (χ0n) is 12.6. The lowest BCUT2D eigenvalue weighted by molar-refractivity contribution is 0.581. The first kappa shape index (κ1) is 13.5. The van der Waals surface area contributed by atoms with Crippen LogP contribution in [0.5, 0.6) is 0 Å². The topological polar surface area (TPSA) is 52.1 Å². The van der Waals surface area contributed by atoms with Crippen molar-refractivity contribution in [3.63, 3.8) is 0 Å². The van der Waals surface area contributed by atoms with E-state index in [9.17, 15) is 0 Å². The third kappa shape index (κ3) is 2.66. The molecular weight excluding hydrogens is 288 g/mol. The Labute approximate surface area is 133 Å². The van der Waals surface area contributed by atoms with Crippen molar-refractivity contribution in [2.45, 2.75) is 6.92 Å². The predicted octanol–water partition coefficient (Wildman–Crippen LogP) is 4.97. The normalized spacial score (nSPS) is 10.8. The molecule has 0 N–H and O–H groups in total. The van der Waals surface area contributed by atoms with E-state index in [1.807, 2.05) is 67.6 Å². The Morgan fingerprint density at radius 2 is 1.48 bits per heavy atom. The van der Waals surface area contributed by atoms with Crippen LogP contribution in [0.25, 0.3) is 34.2 Å². The molecule has 2 heterocycles. The molecule has 0 aliphatic heterocycles. The highest BCUT2D eigenvalue weighted by Crippen LogP contribution is 2.28. The molecule has 0 atom stereocenters. The van der Waals surface area contributed by atoms with E-state index in [1.165, 1.54) is 5.56 Å². The lowest BCUT2D eigenvalue weighted by Gasteiger charge is -1.99. The summed E-state index contributed by atoms with van der Waals surface area (Å²) in [5.41, 5.74) is 3.95. The number of aryl methyl sites for hydroxylation is 1. The van der Waals surface area contributed by atoms with Gasteiger partial charge in [-0.15, -0.1) is 10.2 Å². The van der Waals surface area contributed by atoms with E-state index in [-0.39, 0.29) is 0 Å². The van der Waals surface area contributed by atoms with Gasteiger partial charge in [-0.25, -0.2) is 0 Å². The van der Waals surface area contributed by atoms with Gasteiger partial charge in [0.2, 0.25) is 11.8 Å². The molecule has 0 saturated carbocycles. The quantitative estimate of drug-likeness (QED) is 0.536. The molecule has 0 radical (unpaired) electrons. The average molecular weight is 302 g/mol. The van der Waals surface area contributed by atoms with Crippen LogP contribution in [-0.2, 0) is 0 Å². The van der Waals surface area contributed by atoms with Gasteiger partial charge in [-0.3, -0.25) is 0 Å². The highest BCUT2D eigenvalue weighted by Gasteiger charge is 2.11. The molecule has 0 bridgehead atoms. The van der Waals surface area contributed by atoms with Crippen LogP contribution in [0.1, 0.15) is 5.56 Å². The second kappa shape index (κ2) is 5.57. The molecule has 0 saturated heterocycles. The van der Waals surface area contributed by atoms with Gasteiger partial charge in [0, 0.05) is 16.7 Å². The van der Waals surface area contributed by atoms with Crippen LogP contribution in [0, 0.1) is 6.92 Å². The minimum atomic E-state index is 0.494. The highest BCUT2D eigenvalue weighted by atomic mass is 16.4. The van der Waals surface area contributed by atoms with Crippen molar-refractivity contribution >= 4 is 0 Å². The van der Waals surface area contributed by atoms with Gasteiger partial charge in [-0.1, -0.05) is 29.8 Å². The Morgan fingerprint density at radius 3 is 2.22 bits per heavy atom. The molecule has 23 heavy (non-hydrogen) atoms. The Balaban J connectivity index is 1.69. The Morgan fingerprint density at radius 1 is 0.739 bits per heavy atom. The van der Waals surface area contributed by atoms with Crippen LogP contribution < -0.4 is 0 Å².